The molecular formula is C13H16BrN3OS. The van der Waals surface area contributed by atoms with Gasteiger partial charge in [0.25, 0.3) is 0 Å². The molecule has 0 aromatic carbocycles. The zero-order valence-corrected chi connectivity index (χ0v) is 13.3. The molecule has 4 nitrogen and oxygen atoms in total. The SMILES string of the molecule is CN1C(=N)N[C@](C)(c2cc(Br)cs2)[C@H](C2CC2)C1=O. The van der Waals surface area contributed by atoms with Crippen molar-refractivity contribution < 1.29 is 4.79 Å². The van der Waals surface area contributed by atoms with Crippen LogP contribution in [-0.2, 0) is 10.3 Å². The largest absolute Gasteiger partial charge is 0.345 e. The Kier molecular flexibility index (Phi) is 2.98. The van der Waals surface area contributed by atoms with E-state index in [-0.39, 0.29) is 17.8 Å². The molecule has 19 heavy (non-hydrogen) atoms. The summed E-state index contributed by atoms with van der Waals surface area (Å²) >= 11 is 5.10. The number of carbonyl (C=O) groups is 1. The monoisotopic (exact) mass is 341 g/mol. The van der Waals surface area contributed by atoms with Crippen LogP contribution in [0.4, 0.5) is 0 Å². The van der Waals surface area contributed by atoms with Crippen molar-refractivity contribution in [3.8, 4) is 0 Å². The van der Waals surface area contributed by atoms with Gasteiger partial charge in [0.05, 0.1) is 11.5 Å². The molecule has 1 saturated carbocycles. The third kappa shape index (κ3) is 2.01. The van der Waals surface area contributed by atoms with Gasteiger partial charge in [0, 0.05) is 21.8 Å². The molecule has 1 aromatic rings. The minimum atomic E-state index is -0.460. The Labute approximate surface area is 124 Å². The van der Waals surface area contributed by atoms with Crippen LogP contribution >= 0.6 is 27.3 Å². The predicted octanol–water partition coefficient (Wildman–Crippen LogP) is 2.75. The van der Waals surface area contributed by atoms with Crippen LogP contribution in [0.1, 0.15) is 24.6 Å². The Morgan fingerprint density at radius 3 is 2.79 bits per heavy atom. The summed E-state index contributed by atoms with van der Waals surface area (Å²) in [5.41, 5.74) is -0.460. The van der Waals surface area contributed by atoms with Crippen molar-refractivity contribution in [1.82, 2.24) is 10.2 Å². The molecule has 2 fully saturated rings. The van der Waals surface area contributed by atoms with Crippen LogP contribution in [0.2, 0.25) is 0 Å². The number of hydrogen-bond donors (Lipinski definition) is 2. The molecule has 1 amide bonds. The molecule has 1 aliphatic heterocycles. The molecule has 0 bridgehead atoms. The first-order chi connectivity index (χ1) is 8.93. The van der Waals surface area contributed by atoms with Gasteiger partial charge in [-0.15, -0.1) is 11.3 Å². The van der Waals surface area contributed by atoms with E-state index in [0.717, 1.165) is 22.2 Å². The van der Waals surface area contributed by atoms with Crippen LogP contribution < -0.4 is 5.32 Å². The van der Waals surface area contributed by atoms with E-state index in [4.69, 9.17) is 5.41 Å². The summed E-state index contributed by atoms with van der Waals surface area (Å²) < 4.78 is 1.03. The summed E-state index contributed by atoms with van der Waals surface area (Å²) in [6, 6.07) is 2.05. The van der Waals surface area contributed by atoms with Gasteiger partial charge in [-0.25, -0.2) is 0 Å². The van der Waals surface area contributed by atoms with Crippen molar-refractivity contribution in [3.05, 3.63) is 20.8 Å². The molecule has 0 radical (unpaired) electrons. The first kappa shape index (κ1) is 13.1. The summed E-state index contributed by atoms with van der Waals surface area (Å²) in [5.74, 6) is 0.630. The van der Waals surface area contributed by atoms with Gasteiger partial charge in [-0.1, -0.05) is 0 Å². The number of carbonyl (C=O) groups excluding carboxylic acids is 1. The summed E-state index contributed by atoms with van der Waals surface area (Å²) in [6.07, 6.45) is 2.22. The molecule has 2 atom stereocenters. The molecular weight excluding hydrogens is 326 g/mol. The highest BCUT2D eigenvalue weighted by atomic mass is 79.9. The fourth-order valence-electron chi connectivity index (χ4n) is 2.88. The number of halogens is 1. The van der Waals surface area contributed by atoms with Gasteiger partial charge < -0.3 is 5.32 Å². The molecule has 0 spiro atoms. The highest BCUT2D eigenvalue weighted by Gasteiger charge is 2.54. The predicted molar refractivity (Wildman–Crippen MR) is 79.2 cm³/mol. The fourth-order valence-corrected chi connectivity index (χ4v) is 4.46. The first-order valence-corrected chi connectivity index (χ1v) is 7.99. The third-order valence-electron chi connectivity index (χ3n) is 4.10. The van der Waals surface area contributed by atoms with Crippen LogP contribution in [0.25, 0.3) is 0 Å². The average Bonchev–Trinajstić information content (AvgIpc) is 3.07. The van der Waals surface area contributed by atoms with Gasteiger partial charge in [0.15, 0.2) is 5.96 Å². The molecule has 2 heterocycles. The number of nitrogens with zero attached hydrogens (tertiary/aromatic N) is 1. The molecule has 2 N–H and O–H groups in total. The van der Waals surface area contributed by atoms with Crippen molar-refractivity contribution in [2.24, 2.45) is 11.8 Å². The fraction of sp³-hybridized carbons (Fsp3) is 0.538. The molecule has 3 rings (SSSR count). The second-order valence-corrected chi connectivity index (χ2v) is 7.34. The van der Waals surface area contributed by atoms with E-state index in [1.54, 1.807) is 18.4 Å². The van der Waals surface area contributed by atoms with Crippen molar-refractivity contribution >= 4 is 39.1 Å². The maximum absolute atomic E-state index is 12.6. The molecule has 102 valence electrons. The van der Waals surface area contributed by atoms with E-state index in [9.17, 15) is 4.79 Å². The van der Waals surface area contributed by atoms with Crippen LogP contribution in [0, 0.1) is 17.2 Å². The van der Waals surface area contributed by atoms with E-state index in [2.05, 4.69) is 27.3 Å². The van der Waals surface area contributed by atoms with E-state index in [1.165, 1.54) is 4.90 Å². The summed E-state index contributed by atoms with van der Waals surface area (Å²) in [5, 5.41) is 13.3. The summed E-state index contributed by atoms with van der Waals surface area (Å²) in [6.45, 7) is 2.05. The van der Waals surface area contributed by atoms with Crippen LogP contribution in [0.3, 0.4) is 0 Å². The highest BCUT2D eigenvalue weighted by molar-refractivity contribution is 9.10. The average molecular weight is 342 g/mol. The Bertz CT molecular complexity index is 554. The van der Waals surface area contributed by atoms with Crippen molar-refractivity contribution in [2.75, 3.05) is 7.05 Å². The van der Waals surface area contributed by atoms with E-state index >= 15 is 0 Å². The lowest BCUT2D eigenvalue weighted by molar-refractivity contribution is -0.136. The lowest BCUT2D eigenvalue weighted by atomic mass is 9.78. The van der Waals surface area contributed by atoms with Crippen LogP contribution in [0.5, 0.6) is 0 Å². The lowest BCUT2D eigenvalue weighted by Gasteiger charge is -2.45. The zero-order valence-electron chi connectivity index (χ0n) is 10.9. The van der Waals surface area contributed by atoms with Crippen LogP contribution in [-0.4, -0.2) is 23.8 Å². The number of hydrogen-bond acceptors (Lipinski definition) is 3. The minimum absolute atomic E-state index is 0.0678. The standard InChI is InChI=1S/C13H16BrN3OS/c1-13(9-5-8(14)6-19-9)10(7-3-4-7)11(18)17(2)12(15)16-13/h5-7,10H,3-4H2,1-2H3,(H2,15,16)/t10-,13-/m1/s1. The number of rotatable bonds is 2. The van der Waals surface area contributed by atoms with Gasteiger partial charge in [-0.2, -0.15) is 0 Å². The molecule has 1 saturated heterocycles. The molecule has 6 heteroatoms. The first-order valence-electron chi connectivity index (χ1n) is 6.32. The van der Waals surface area contributed by atoms with Gasteiger partial charge in [-0.05, 0) is 47.7 Å². The Hall–Kier alpha value is -0.880. The Balaban J connectivity index is 2.05. The van der Waals surface area contributed by atoms with E-state index in [1.807, 2.05) is 12.3 Å². The third-order valence-corrected chi connectivity index (χ3v) is 6.03. The van der Waals surface area contributed by atoms with Gasteiger partial charge in [0.1, 0.15) is 0 Å². The number of guanidine groups is 1. The number of amides is 1. The van der Waals surface area contributed by atoms with Crippen molar-refractivity contribution in [2.45, 2.75) is 25.3 Å². The second kappa shape index (κ2) is 4.31. The molecule has 1 aliphatic carbocycles. The second-order valence-electron chi connectivity index (χ2n) is 5.52. The van der Waals surface area contributed by atoms with E-state index < -0.39 is 5.54 Å². The maximum atomic E-state index is 12.6. The molecule has 1 aromatic heterocycles. The number of thiophene rings is 1. The summed E-state index contributed by atoms with van der Waals surface area (Å²) in [7, 11) is 1.68. The van der Waals surface area contributed by atoms with Gasteiger partial charge >= 0.3 is 0 Å². The Morgan fingerprint density at radius 1 is 1.58 bits per heavy atom. The maximum Gasteiger partial charge on any atom is 0.235 e. The van der Waals surface area contributed by atoms with Crippen molar-refractivity contribution in [3.63, 3.8) is 0 Å². The molecule has 2 aliphatic rings. The van der Waals surface area contributed by atoms with Crippen molar-refractivity contribution in [1.29, 1.82) is 5.41 Å². The molecule has 0 unspecified atom stereocenters. The summed E-state index contributed by atoms with van der Waals surface area (Å²) in [4.78, 5) is 15.1. The van der Waals surface area contributed by atoms with E-state index in [0.29, 0.717) is 5.92 Å². The van der Waals surface area contributed by atoms with Crippen LogP contribution in [0.15, 0.2) is 15.9 Å². The quantitative estimate of drug-likeness (QED) is 0.868. The zero-order chi connectivity index (χ0) is 13.8. The lowest BCUT2D eigenvalue weighted by Crippen LogP contribution is -2.64. The minimum Gasteiger partial charge on any atom is -0.345 e. The van der Waals surface area contributed by atoms with Gasteiger partial charge in [-0.3, -0.25) is 15.1 Å². The topological polar surface area (TPSA) is 56.2 Å². The number of nitrogens with one attached hydrogen (secondary N) is 2. The van der Waals surface area contributed by atoms with Gasteiger partial charge in [0.2, 0.25) is 5.91 Å². The highest BCUT2D eigenvalue weighted by Crippen LogP contribution is 2.49. The smallest absolute Gasteiger partial charge is 0.235 e. The Morgan fingerprint density at radius 2 is 2.26 bits per heavy atom. The normalized spacial score (nSPS) is 31.5.